The van der Waals surface area contributed by atoms with E-state index >= 15 is 0 Å². The molecule has 0 saturated heterocycles. The SMILES string of the molecule is CCC(c1nc(CSC2CCCCC2)no1)C(C)N. The molecule has 1 aromatic rings. The van der Waals surface area contributed by atoms with E-state index in [9.17, 15) is 0 Å². The van der Waals surface area contributed by atoms with Crippen molar-refractivity contribution < 1.29 is 4.52 Å². The Hall–Kier alpha value is -0.550. The molecule has 1 aromatic heterocycles. The number of thioether (sulfide) groups is 1. The van der Waals surface area contributed by atoms with Gasteiger partial charge in [0.2, 0.25) is 5.89 Å². The van der Waals surface area contributed by atoms with Gasteiger partial charge in [-0.1, -0.05) is 31.3 Å². The maximum absolute atomic E-state index is 5.95. The third-order valence-corrected chi connectivity index (χ3v) is 5.24. The molecule has 2 N–H and O–H groups in total. The summed E-state index contributed by atoms with van der Waals surface area (Å²) >= 11 is 1.98. The second kappa shape index (κ2) is 7.29. The van der Waals surface area contributed by atoms with Gasteiger partial charge in [0.25, 0.3) is 0 Å². The van der Waals surface area contributed by atoms with Gasteiger partial charge in [0.15, 0.2) is 5.82 Å². The average molecular weight is 283 g/mol. The predicted octanol–water partition coefficient (Wildman–Crippen LogP) is 3.48. The number of hydrogen-bond donors (Lipinski definition) is 1. The summed E-state index contributed by atoms with van der Waals surface area (Å²) in [6.45, 7) is 4.10. The third-order valence-electron chi connectivity index (χ3n) is 3.88. The first-order chi connectivity index (χ1) is 9.20. The lowest BCUT2D eigenvalue weighted by Crippen LogP contribution is -2.24. The maximum Gasteiger partial charge on any atom is 0.231 e. The molecule has 2 unspecified atom stereocenters. The fourth-order valence-corrected chi connectivity index (χ4v) is 3.84. The van der Waals surface area contributed by atoms with E-state index in [1.165, 1.54) is 32.1 Å². The van der Waals surface area contributed by atoms with Crippen molar-refractivity contribution in [3.8, 4) is 0 Å². The first-order valence-corrected chi connectivity index (χ1v) is 8.45. The average Bonchev–Trinajstić information content (AvgIpc) is 2.87. The minimum atomic E-state index is 0.0595. The zero-order valence-electron chi connectivity index (χ0n) is 12.0. The first kappa shape index (κ1) is 14.9. The van der Waals surface area contributed by atoms with Crippen molar-refractivity contribution >= 4 is 11.8 Å². The quantitative estimate of drug-likeness (QED) is 0.866. The van der Waals surface area contributed by atoms with Crippen molar-refractivity contribution in [2.75, 3.05) is 0 Å². The van der Waals surface area contributed by atoms with Crippen molar-refractivity contribution in [3.05, 3.63) is 11.7 Å². The van der Waals surface area contributed by atoms with Gasteiger partial charge in [0.1, 0.15) is 0 Å². The van der Waals surface area contributed by atoms with Crippen LogP contribution in [0.15, 0.2) is 4.52 Å². The highest BCUT2D eigenvalue weighted by molar-refractivity contribution is 7.99. The normalized spacial score (nSPS) is 20.4. The topological polar surface area (TPSA) is 64.9 Å². The first-order valence-electron chi connectivity index (χ1n) is 7.40. The molecule has 2 atom stereocenters. The van der Waals surface area contributed by atoms with Gasteiger partial charge < -0.3 is 10.3 Å². The van der Waals surface area contributed by atoms with Crippen LogP contribution in [0.2, 0.25) is 0 Å². The Morgan fingerprint density at radius 1 is 1.37 bits per heavy atom. The molecule has 0 aliphatic heterocycles. The molecule has 4 nitrogen and oxygen atoms in total. The van der Waals surface area contributed by atoms with Crippen LogP contribution in [0.3, 0.4) is 0 Å². The van der Waals surface area contributed by atoms with E-state index in [0.29, 0.717) is 5.89 Å². The zero-order valence-corrected chi connectivity index (χ0v) is 12.8. The standard InChI is InChI=1S/C14H25N3OS/c1-3-12(10(2)15)14-16-13(17-18-14)9-19-11-7-5-4-6-8-11/h10-12H,3-9,15H2,1-2H3. The molecule has 2 rings (SSSR count). The Morgan fingerprint density at radius 2 is 2.11 bits per heavy atom. The number of aromatic nitrogens is 2. The second-order valence-electron chi connectivity index (χ2n) is 5.49. The van der Waals surface area contributed by atoms with Crippen molar-refractivity contribution in [2.24, 2.45) is 5.73 Å². The molecule has 0 spiro atoms. The molecule has 1 aliphatic rings. The van der Waals surface area contributed by atoms with E-state index in [0.717, 1.165) is 23.2 Å². The van der Waals surface area contributed by atoms with Crippen LogP contribution < -0.4 is 5.73 Å². The van der Waals surface area contributed by atoms with Crippen LogP contribution in [0.1, 0.15) is 70.0 Å². The highest BCUT2D eigenvalue weighted by Crippen LogP contribution is 2.30. The van der Waals surface area contributed by atoms with E-state index in [2.05, 4.69) is 17.1 Å². The van der Waals surface area contributed by atoms with Gasteiger partial charge in [-0.05, 0) is 26.2 Å². The fourth-order valence-electron chi connectivity index (χ4n) is 2.67. The lowest BCUT2D eigenvalue weighted by Gasteiger charge is -2.20. The number of rotatable bonds is 6. The zero-order chi connectivity index (χ0) is 13.7. The molecule has 1 aliphatic carbocycles. The van der Waals surface area contributed by atoms with Crippen LogP contribution in [0, 0.1) is 0 Å². The highest BCUT2D eigenvalue weighted by atomic mass is 32.2. The summed E-state index contributed by atoms with van der Waals surface area (Å²) in [5, 5.41) is 4.87. The lowest BCUT2D eigenvalue weighted by molar-refractivity contribution is 0.331. The summed E-state index contributed by atoms with van der Waals surface area (Å²) in [6.07, 6.45) is 7.76. The van der Waals surface area contributed by atoms with E-state index < -0.39 is 0 Å². The number of hydrogen-bond acceptors (Lipinski definition) is 5. The van der Waals surface area contributed by atoms with E-state index in [1.54, 1.807) is 0 Å². The van der Waals surface area contributed by atoms with Gasteiger partial charge >= 0.3 is 0 Å². The van der Waals surface area contributed by atoms with E-state index in [4.69, 9.17) is 10.3 Å². The molecule has 0 aromatic carbocycles. The molecule has 108 valence electrons. The van der Waals surface area contributed by atoms with Gasteiger partial charge in [0.05, 0.1) is 11.7 Å². The third kappa shape index (κ3) is 4.21. The largest absolute Gasteiger partial charge is 0.339 e. The van der Waals surface area contributed by atoms with Crippen molar-refractivity contribution in [2.45, 2.75) is 75.3 Å². The van der Waals surface area contributed by atoms with Crippen molar-refractivity contribution in [3.63, 3.8) is 0 Å². The molecule has 0 radical (unpaired) electrons. The maximum atomic E-state index is 5.95. The van der Waals surface area contributed by atoms with Gasteiger partial charge in [-0.25, -0.2) is 0 Å². The highest BCUT2D eigenvalue weighted by Gasteiger charge is 2.21. The molecule has 5 heteroatoms. The molecule has 19 heavy (non-hydrogen) atoms. The van der Waals surface area contributed by atoms with Gasteiger partial charge in [-0.3, -0.25) is 0 Å². The van der Waals surface area contributed by atoms with Crippen molar-refractivity contribution in [1.82, 2.24) is 10.1 Å². The molecular formula is C14H25N3OS. The second-order valence-corrected chi connectivity index (χ2v) is 6.78. The molecular weight excluding hydrogens is 258 g/mol. The summed E-state index contributed by atoms with van der Waals surface area (Å²) < 4.78 is 5.36. The Balaban J connectivity index is 1.86. The molecule has 0 bridgehead atoms. The molecule has 1 heterocycles. The van der Waals surface area contributed by atoms with E-state index in [1.807, 2.05) is 18.7 Å². The lowest BCUT2D eigenvalue weighted by atomic mass is 9.99. The molecule has 1 fully saturated rings. The summed E-state index contributed by atoms with van der Waals surface area (Å²) in [5.74, 6) is 2.58. The van der Waals surface area contributed by atoms with E-state index in [-0.39, 0.29) is 12.0 Å². The van der Waals surface area contributed by atoms with Gasteiger partial charge in [-0.2, -0.15) is 16.7 Å². The van der Waals surface area contributed by atoms with Crippen LogP contribution in [-0.2, 0) is 5.75 Å². The smallest absolute Gasteiger partial charge is 0.231 e. The summed E-state index contributed by atoms with van der Waals surface area (Å²) in [7, 11) is 0. The Labute approximate surface area is 119 Å². The summed E-state index contributed by atoms with van der Waals surface area (Å²) in [5.41, 5.74) is 5.95. The van der Waals surface area contributed by atoms with Crippen LogP contribution in [0.25, 0.3) is 0 Å². The minimum absolute atomic E-state index is 0.0595. The minimum Gasteiger partial charge on any atom is -0.339 e. The Morgan fingerprint density at radius 3 is 2.74 bits per heavy atom. The predicted molar refractivity (Wildman–Crippen MR) is 79.1 cm³/mol. The Bertz CT molecular complexity index is 375. The van der Waals surface area contributed by atoms with Gasteiger partial charge in [0, 0.05) is 11.3 Å². The molecule has 1 saturated carbocycles. The van der Waals surface area contributed by atoms with Crippen LogP contribution in [-0.4, -0.2) is 21.4 Å². The van der Waals surface area contributed by atoms with Crippen LogP contribution >= 0.6 is 11.8 Å². The van der Waals surface area contributed by atoms with Crippen LogP contribution in [0.4, 0.5) is 0 Å². The summed E-state index contributed by atoms with van der Waals surface area (Å²) in [4.78, 5) is 4.51. The fraction of sp³-hybridized carbons (Fsp3) is 0.857. The van der Waals surface area contributed by atoms with Crippen molar-refractivity contribution in [1.29, 1.82) is 0 Å². The van der Waals surface area contributed by atoms with Crippen LogP contribution in [0.5, 0.6) is 0 Å². The molecule has 0 amide bonds. The summed E-state index contributed by atoms with van der Waals surface area (Å²) in [6, 6.07) is 0.0595. The van der Waals surface area contributed by atoms with Gasteiger partial charge in [-0.15, -0.1) is 0 Å². The number of nitrogens with two attached hydrogens (primary N) is 1. The Kier molecular flexibility index (Phi) is 5.70. The number of nitrogens with zero attached hydrogens (tertiary/aromatic N) is 2. The monoisotopic (exact) mass is 283 g/mol.